The molecular formula is C9H19N. The summed E-state index contributed by atoms with van der Waals surface area (Å²) < 4.78 is 0. The molecule has 1 saturated carbocycles. The van der Waals surface area contributed by atoms with Gasteiger partial charge in [-0.05, 0) is 25.2 Å². The van der Waals surface area contributed by atoms with Crippen molar-refractivity contribution in [3.8, 4) is 0 Å². The fourth-order valence-corrected chi connectivity index (χ4v) is 2.10. The van der Waals surface area contributed by atoms with Gasteiger partial charge in [0.1, 0.15) is 0 Å². The molecule has 0 radical (unpaired) electrons. The summed E-state index contributed by atoms with van der Waals surface area (Å²) in [5, 5.41) is 0. The first-order valence-corrected chi connectivity index (χ1v) is 4.41. The average molecular weight is 141 g/mol. The SMILES string of the molecule is CC(C)CC1(N)CCCC1. The Labute approximate surface area is 64.0 Å². The molecule has 0 aromatic rings. The zero-order valence-corrected chi connectivity index (χ0v) is 7.19. The molecule has 1 nitrogen and oxygen atoms in total. The topological polar surface area (TPSA) is 26.0 Å². The van der Waals surface area contributed by atoms with Crippen LogP contribution in [0.25, 0.3) is 0 Å². The average Bonchev–Trinajstić information content (AvgIpc) is 2.12. The first kappa shape index (κ1) is 8.06. The summed E-state index contributed by atoms with van der Waals surface area (Å²) in [6.45, 7) is 4.51. The van der Waals surface area contributed by atoms with Gasteiger partial charge in [0.05, 0.1) is 0 Å². The molecule has 0 amide bonds. The second-order valence-corrected chi connectivity index (χ2v) is 4.17. The van der Waals surface area contributed by atoms with Crippen LogP contribution in [0.4, 0.5) is 0 Å². The highest BCUT2D eigenvalue weighted by Crippen LogP contribution is 2.32. The predicted octanol–water partition coefficient (Wildman–Crippen LogP) is 2.30. The third kappa shape index (κ3) is 1.98. The van der Waals surface area contributed by atoms with E-state index in [2.05, 4.69) is 13.8 Å². The van der Waals surface area contributed by atoms with Gasteiger partial charge < -0.3 is 5.73 Å². The molecule has 2 N–H and O–H groups in total. The zero-order chi connectivity index (χ0) is 7.61. The van der Waals surface area contributed by atoms with Gasteiger partial charge in [-0.3, -0.25) is 0 Å². The highest BCUT2D eigenvalue weighted by atomic mass is 14.7. The lowest BCUT2D eigenvalue weighted by molar-refractivity contribution is 0.349. The van der Waals surface area contributed by atoms with Gasteiger partial charge in [0, 0.05) is 5.54 Å². The van der Waals surface area contributed by atoms with Crippen LogP contribution in [0.15, 0.2) is 0 Å². The van der Waals surface area contributed by atoms with E-state index in [1.165, 1.54) is 32.1 Å². The molecule has 0 spiro atoms. The molecule has 0 aliphatic heterocycles. The molecule has 1 rings (SSSR count). The standard InChI is InChI=1S/C9H19N/c1-8(2)7-9(10)5-3-4-6-9/h8H,3-7,10H2,1-2H3. The van der Waals surface area contributed by atoms with Crippen LogP contribution in [0.5, 0.6) is 0 Å². The molecule has 0 heterocycles. The molecule has 0 atom stereocenters. The van der Waals surface area contributed by atoms with Crippen LogP contribution in [-0.2, 0) is 0 Å². The molecule has 1 aliphatic rings. The molecule has 0 bridgehead atoms. The lowest BCUT2D eigenvalue weighted by atomic mass is 9.89. The smallest absolute Gasteiger partial charge is 0.0156 e. The van der Waals surface area contributed by atoms with Gasteiger partial charge >= 0.3 is 0 Å². The summed E-state index contributed by atoms with van der Waals surface area (Å²) in [5.41, 5.74) is 6.38. The van der Waals surface area contributed by atoms with Crippen LogP contribution < -0.4 is 5.73 Å². The largest absolute Gasteiger partial charge is 0.325 e. The maximum atomic E-state index is 6.16. The van der Waals surface area contributed by atoms with E-state index in [4.69, 9.17) is 5.73 Å². The van der Waals surface area contributed by atoms with Gasteiger partial charge in [-0.1, -0.05) is 26.7 Å². The van der Waals surface area contributed by atoms with Gasteiger partial charge in [0.15, 0.2) is 0 Å². The molecule has 1 aliphatic carbocycles. The Morgan fingerprint density at radius 1 is 1.30 bits per heavy atom. The number of hydrogen-bond donors (Lipinski definition) is 1. The van der Waals surface area contributed by atoms with Crippen molar-refractivity contribution in [3.05, 3.63) is 0 Å². The molecule has 0 unspecified atom stereocenters. The molecular weight excluding hydrogens is 122 g/mol. The minimum atomic E-state index is 0.216. The van der Waals surface area contributed by atoms with E-state index in [0.29, 0.717) is 0 Å². The van der Waals surface area contributed by atoms with Crippen LogP contribution in [0.3, 0.4) is 0 Å². The summed E-state index contributed by atoms with van der Waals surface area (Å²) in [6, 6.07) is 0. The number of nitrogens with two attached hydrogens (primary N) is 1. The maximum absolute atomic E-state index is 6.16. The second-order valence-electron chi connectivity index (χ2n) is 4.17. The summed E-state index contributed by atoms with van der Waals surface area (Å²) in [6.07, 6.45) is 6.43. The lowest BCUT2D eigenvalue weighted by Gasteiger charge is -2.25. The van der Waals surface area contributed by atoms with E-state index < -0.39 is 0 Å². The predicted molar refractivity (Wildman–Crippen MR) is 44.8 cm³/mol. The van der Waals surface area contributed by atoms with Crippen LogP contribution in [0.1, 0.15) is 46.0 Å². The second kappa shape index (κ2) is 2.91. The van der Waals surface area contributed by atoms with Crippen molar-refractivity contribution in [2.75, 3.05) is 0 Å². The van der Waals surface area contributed by atoms with Crippen molar-refractivity contribution in [2.24, 2.45) is 11.7 Å². The Kier molecular flexibility index (Phi) is 2.35. The highest BCUT2D eigenvalue weighted by molar-refractivity contribution is 4.89. The Bertz CT molecular complexity index is 101. The quantitative estimate of drug-likeness (QED) is 0.627. The van der Waals surface area contributed by atoms with Crippen molar-refractivity contribution >= 4 is 0 Å². The van der Waals surface area contributed by atoms with Crippen molar-refractivity contribution < 1.29 is 0 Å². The molecule has 1 heteroatoms. The molecule has 10 heavy (non-hydrogen) atoms. The zero-order valence-electron chi connectivity index (χ0n) is 7.19. The van der Waals surface area contributed by atoms with Gasteiger partial charge in [0.2, 0.25) is 0 Å². The minimum Gasteiger partial charge on any atom is -0.325 e. The Morgan fingerprint density at radius 2 is 1.80 bits per heavy atom. The van der Waals surface area contributed by atoms with Gasteiger partial charge in [-0.15, -0.1) is 0 Å². The number of hydrogen-bond acceptors (Lipinski definition) is 1. The van der Waals surface area contributed by atoms with E-state index in [1.54, 1.807) is 0 Å². The third-order valence-corrected chi connectivity index (χ3v) is 2.41. The molecule has 0 aromatic carbocycles. The Morgan fingerprint density at radius 3 is 2.20 bits per heavy atom. The van der Waals surface area contributed by atoms with Crippen molar-refractivity contribution in [2.45, 2.75) is 51.5 Å². The Hall–Kier alpha value is -0.0400. The van der Waals surface area contributed by atoms with E-state index in [9.17, 15) is 0 Å². The van der Waals surface area contributed by atoms with E-state index in [1.807, 2.05) is 0 Å². The maximum Gasteiger partial charge on any atom is 0.0156 e. The molecule has 1 fully saturated rings. The number of rotatable bonds is 2. The minimum absolute atomic E-state index is 0.216. The normalized spacial score (nSPS) is 24.0. The van der Waals surface area contributed by atoms with E-state index >= 15 is 0 Å². The van der Waals surface area contributed by atoms with Crippen LogP contribution >= 0.6 is 0 Å². The van der Waals surface area contributed by atoms with Gasteiger partial charge in [-0.2, -0.15) is 0 Å². The van der Waals surface area contributed by atoms with Gasteiger partial charge in [-0.25, -0.2) is 0 Å². The van der Waals surface area contributed by atoms with Gasteiger partial charge in [0.25, 0.3) is 0 Å². The monoisotopic (exact) mass is 141 g/mol. The van der Waals surface area contributed by atoms with Crippen LogP contribution in [-0.4, -0.2) is 5.54 Å². The van der Waals surface area contributed by atoms with Crippen molar-refractivity contribution in [1.29, 1.82) is 0 Å². The summed E-state index contributed by atoms with van der Waals surface area (Å²) >= 11 is 0. The van der Waals surface area contributed by atoms with Crippen molar-refractivity contribution in [3.63, 3.8) is 0 Å². The van der Waals surface area contributed by atoms with E-state index in [-0.39, 0.29) is 5.54 Å². The summed E-state index contributed by atoms with van der Waals surface area (Å²) in [5.74, 6) is 0.767. The first-order chi connectivity index (χ1) is 4.62. The molecule has 0 aromatic heterocycles. The molecule has 60 valence electrons. The lowest BCUT2D eigenvalue weighted by Crippen LogP contribution is -2.37. The van der Waals surface area contributed by atoms with Crippen LogP contribution in [0.2, 0.25) is 0 Å². The van der Waals surface area contributed by atoms with Crippen LogP contribution in [0, 0.1) is 5.92 Å². The summed E-state index contributed by atoms with van der Waals surface area (Å²) in [4.78, 5) is 0. The third-order valence-electron chi connectivity index (χ3n) is 2.41. The summed E-state index contributed by atoms with van der Waals surface area (Å²) in [7, 11) is 0. The highest BCUT2D eigenvalue weighted by Gasteiger charge is 2.29. The first-order valence-electron chi connectivity index (χ1n) is 4.41. The fourth-order valence-electron chi connectivity index (χ4n) is 2.10. The fraction of sp³-hybridized carbons (Fsp3) is 1.00. The Balaban J connectivity index is 2.36. The van der Waals surface area contributed by atoms with E-state index in [0.717, 1.165) is 5.92 Å². The van der Waals surface area contributed by atoms with Crippen molar-refractivity contribution in [1.82, 2.24) is 0 Å². The molecule has 0 saturated heterocycles.